The number of nitrogens with zero attached hydrogens (tertiary/aromatic N) is 1. The molecule has 1 N–H and O–H groups in total. The van der Waals surface area contributed by atoms with Gasteiger partial charge in [0.2, 0.25) is 15.9 Å². The SMILES string of the molecule is CC(C)CN([C@@H]1CCS(=O)(=O)C1)S(=O)(=O)c1ccc2c(c1)CCC(=O)N2. The van der Waals surface area contributed by atoms with Crippen LogP contribution in [-0.4, -0.2) is 51.1 Å². The van der Waals surface area contributed by atoms with Crippen LogP contribution in [0.25, 0.3) is 0 Å². The first-order chi connectivity index (χ1) is 12.1. The molecule has 0 radical (unpaired) electrons. The van der Waals surface area contributed by atoms with Crippen LogP contribution in [0.3, 0.4) is 0 Å². The Kier molecular flexibility index (Phi) is 5.15. The van der Waals surface area contributed by atoms with Crippen LogP contribution in [0.4, 0.5) is 5.69 Å². The largest absolute Gasteiger partial charge is 0.326 e. The molecule has 3 rings (SSSR count). The lowest BCUT2D eigenvalue weighted by atomic mass is 10.0. The van der Waals surface area contributed by atoms with E-state index < -0.39 is 25.9 Å². The second-order valence-corrected chi connectivity index (χ2v) is 11.5. The summed E-state index contributed by atoms with van der Waals surface area (Å²) in [6.07, 6.45) is 1.15. The fourth-order valence-corrected chi connectivity index (χ4v) is 7.16. The number of aryl methyl sites for hydroxylation is 1. The van der Waals surface area contributed by atoms with Crippen molar-refractivity contribution in [1.29, 1.82) is 0 Å². The molecule has 0 spiro atoms. The minimum atomic E-state index is -3.82. The van der Waals surface area contributed by atoms with E-state index in [0.29, 0.717) is 24.9 Å². The Bertz CT molecular complexity index is 922. The molecule has 1 saturated heterocycles. The number of hydrogen-bond donors (Lipinski definition) is 1. The summed E-state index contributed by atoms with van der Waals surface area (Å²) < 4.78 is 51.6. The number of hydrogen-bond acceptors (Lipinski definition) is 5. The molecule has 0 aromatic heterocycles. The fourth-order valence-electron chi connectivity index (χ4n) is 3.46. The standard InChI is InChI=1S/C17H24N2O5S2/c1-12(2)10-19(14-7-8-25(21,22)11-14)26(23,24)15-4-5-16-13(9-15)3-6-17(20)18-16/h4-5,9,12,14H,3,6-8,10-11H2,1-2H3,(H,18,20)/t14-/m1/s1. The van der Waals surface area contributed by atoms with Crippen LogP contribution in [0.15, 0.2) is 23.1 Å². The first-order valence-electron chi connectivity index (χ1n) is 8.73. The van der Waals surface area contributed by atoms with E-state index in [0.717, 1.165) is 5.56 Å². The van der Waals surface area contributed by atoms with Gasteiger partial charge in [0.25, 0.3) is 0 Å². The van der Waals surface area contributed by atoms with Gasteiger partial charge in [-0.3, -0.25) is 4.79 Å². The number of rotatable bonds is 5. The molecule has 1 fully saturated rings. The minimum absolute atomic E-state index is 0.0258. The van der Waals surface area contributed by atoms with Crippen LogP contribution < -0.4 is 5.32 Å². The molecule has 2 heterocycles. The second-order valence-electron chi connectivity index (χ2n) is 7.39. The van der Waals surface area contributed by atoms with Crippen LogP contribution >= 0.6 is 0 Å². The summed E-state index contributed by atoms with van der Waals surface area (Å²) >= 11 is 0. The Balaban J connectivity index is 1.96. The van der Waals surface area contributed by atoms with Crippen molar-refractivity contribution in [3.63, 3.8) is 0 Å². The van der Waals surface area contributed by atoms with Gasteiger partial charge < -0.3 is 5.32 Å². The van der Waals surface area contributed by atoms with Gasteiger partial charge in [-0.05, 0) is 42.5 Å². The van der Waals surface area contributed by atoms with Crippen LogP contribution in [0.2, 0.25) is 0 Å². The number of fused-ring (bicyclic) bond motifs is 1. The lowest BCUT2D eigenvalue weighted by Crippen LogP contribution is -2.43. The van der Waals surface area contributed by atoms with E-state index in [9.17, 15) is 21.6 Å². The third kappa shape index (κ3) is 3.94. The van der Waals surface area contributed by atoms with Gasteiger partial charge in [0, 0.05) is 24.7 Å². The second kappa shape index (κ2) is 6.94. The van der Waals surface area contributed by atoms with Crippen LogP contribution in [-0.2, 0) is 31.1 Å². The van der Waals surface area contributed by atoms with Gasteiger partial charge in [-0.15, -0.1) is 0 Å². The summed E-state index contributed by atoms with van der Waals surface area (Å²) in [6.45, 7) is 4.10. The van der Waals surface area contributed by atoms with Crippen LogP contribution in [0.1, 0.15) is 32.3 Å². The maximum absolute atomic E-state index is 13.3. The zero-order valence-electron chi connectivity index (χ0n) is 14.9. The first kappa shape index (κ1) is 19.3. The van der Waals surface area contributed by atoms with Crippen molar-refractivity contribution in [3.05, 3.63) is 23.8 Å². The average Bonchev–Trinajstić information content (AvgIpc) is 2.91. The van der Waals surface area contributed by atoms with Gasteiger partial charge in [0.05, 0.1) is 16.4 Å². The Labute approximate surface area is 154 Å². The highest BCUT2D eigenvalue weighted by Gasteiger charge is 2.39. The maximum atomic E-state index is 13.3. The predicted octanol–water partition coefficient (Wildman–Crippen LogP) is 1.41. The average molecular weight is 401 g/mol. The Morgan fingerprint density at radius 2 is 2.00 bits per heavy atom. The smallest absolute Gasteiger partial charge is 0.243 e. The molecule has 144 valence electrons. The molecule has 0 saturated carbocycles. The third-order valence-electron chi connectivity index (χ3n) is 4.74. The topological polar surface area (TPSA) is 101 Å². The molecule has 26 heavy (non-hydrogen) atoms. The molecule has 2 aliphatic heterocycles. The fraction of sp³-hybridized carbons (Fsp3) is 0.588. The Morgan fingerprint density at radius 1 is 1.27 bits per heavy atom. The summed E-state index contributed by atoms with van der Waals surface area (Å²) in [5.74, 6) is -0.103. The summed E-state index contributed by atoms with van der Waals surface area (Å²) in [4.78, 5) is 11.6. The van der Waals surface area contributed by atoms with E-state index >= 15 is 0 Å². The van der Waals surface area contributed by atoms with Crippen LogP contribution in [0.5, 0.6) is 0 Å². The van der Waals surface area contributed by atoms with E-state index in [1.54, 1.807) is 12.1 Å². The maximum Gasteiger partial charge on any atom is 0.243 e. The van der Waals surface area contributed by atoms with E-state index in [2.05, 4.69) is 5.32 Å². The number of carbonyl (C=O) groups excluding carboxylic acids is 1. The number of carbonyl (C=O) groups is 1. The van der Waals surface area contributed by atoms with Gasteiger partial charge in [-0.2, -0.15) is 4.31 Å². The molecule has 1 amide bonds. The first-order valence-corrected chi connectivity index (χ1v) is 12.0. The van der Waals surface area contributed by atoms with Crippen molar-refractivity contribution in [2.24, 2.45) is 5.92 Å². The Hall–Kier alpha value is -1.45. The van der Waals surface area contributed by atoms with Gasteiger partial charge in [-0.25, -0.2) is 16.8 Å². The molecule has 7 nitrogen and oxygen atoms in total. The van der Waals surface area contributed by atoms with Gasteiger partial charge >= 0.3 is 0 Å². The minimum Gasteiger partial charge on any atom is -0.326 e. The number of sulfonamides is 1. The monoisotopic (exact) mass is 400 g/mol. The summed E-state index contributed by atoms with van der Waals surface area (Å²) in [6, 6.07) is 4.17. The lowest BCUT2D eigenvalue weighted by Gasteiger charge is -2.29. The highest BCUT2D eigenvalue weighted by atomic mass is 32.2. The lowest BCUT2D eigenvalue weighted by molar-refractivity contribution is -0.116. The normalized spacial score (nSPS) is 22.5. The number of nitrogens with one attached hydrogen (secondary N) is 1. The van der Waals surface area contributed by atoms with Gasteiger partial charge in [0.15, 0.2) is 9.84 Å². The highest BCUT2D eigenvalue weighted by Crippen LogP contribution is 2.30. The van der Waals surface area contributed by atoms with E-state index in [1.165, 1.54) is 10.4 Å². The van der Waals surface area contributed by atoms with E-state index in [1.807, 2.05) is 13.8 Å². The third-order valence-corrected chi connectivity index (χ3v) is 8.40. The predicted molar refractivity (Wildman–Crippen MR) is 99.2 cm³/mol. The summed E-state index contributed by atoms with van der Waals surface area (Å²) in [5, 5.41) is 2.74. The molecular formula is C17H24N2O5S2. The van der Waals surface area contributed by atoms with Crippen molar-refractivity contribution in [2.45, 2.75) is 44.0 Å². The number of benzene rings is 1. The van der Waals surface area contributed by atoms with Crippen molar-refractivity contribution in [2.75, 3.05) is 23.4 Å². The van der Waals surface area contributed by atoms with Crippen molar-refractivity contribution < 1.29 is 21.6 Å². The molecule has 0 unspecified atom stereocenters. The number of anilines is 1. The molecule has 1 aromatic carbocycles. The van der Waals surface area contributed by atoms with Crippen LogP contribution in [0, 0.1) is 5.92 Å². The number of amides is 1. The number of sulfone groups is 1. The molecular weight excluding hydrogens is 376 g/mol. The Morgan fingerprint density at radius 3 is 2.62 bits per heavy atom. The molecule has 0 bridgehead atoms. The molecule has 1 atom stereocenters. The zero-order chi connectivity index (χ0) is 19.1. The van der Waals surface area contributed by atoms with E-state index in [-0.39, 0.29) is 34.8 Å². The quantitative estimate of drug-likeness (QED) is 0.805. The van der Waals surface area contributed by atoms with E-state index in [4.69, 9.17) is 0 Å². The van der Waals surface area contributed by atoms with Crippen molar-refractivity contribution in [1.82, 2.24) is 4.31 Å². The molecule has 2 aliphatic rings. The van der Waals surface area contributed by atoms with Crippen molar-refractivity contribution >= 4 is 31.5 Å². The molecule has 0 aliphatic carbocycles. The van der Waals surface area contributed by atoms with Crippen molar-refractivity contribution in [3.8, 4) is 0 Å². The zero-order valence-corrected chi connectivity index (χ0v) is 16.6. The van der Waals surface area contributed by atoms with Gasteiger partial charge in [-0.1, -0.05) is 13.8 Å². The summed E-state index contributed by atoms with van der Waals surface area (Å²) in [5.41, 5.74) is 1.42. The highest BCUT2D eigenvalue weighted by molar-refractivity contribution is 7.92. The van der Waals surface area contributed by atoms with Gasteiger partial charge in [0.1, 0.15) is 0 Å². The molecule has 9 heteroatoms. The molecule has 1 aromatic rings. The summed E-state index contributed by atoms with van der Waals surface area (Å²) in [7, 11) is -7.01.